The molecule has 0 aromatic carbocycles. The van der Waals surface area contributed by atoms with Gasteiger partial charge in [-0.05, 0) is 10.9 Å². The van der Waals surface area contributed by atoms with Crippen LogP contribution in [0.1, 0.15) is 19.4 Å². The molecule has 1 aromatic rings. The highest BCUT2D eigenvalue weighted by Gasteiger charge is 2.35. The SMILES string of the molecule is CC1(C)CS(=O)c2cscc21. The van der Waals surface area contributed by atoms with Crippen molar-refractivity contribution in [1.82, 2.24) is 0 Å². The first kappa shape index (κ1) is 7.50. The van der Waals surface area contributed by atoms with Gasteiger partial charge in [-0.1, -0.05) is 13.8 Å². The van der Waals surface area contributed by atoms with Crippen LogP contribution in [0, 0.1) is 0 Å². The number of rotatable bonds is 0. The zero-order valence-electron chi connectivity index (χ0n) is 6.59. The smallest absolute Gasteiger partial charge is 0.0549 e. The van der Waals surface area contributed by atoms with Crippen molar-refractivity contribution in [3.8, 4) is 0 Å². The highest BCUT2D eigenvalue weighted by atomic mass is 32.2. The molecule has 0 aliphatic carbocycles. The summed E-state index contributed by atoms with van der Waals surface area (Å²) in [4.78, 5) is 1.07. The lowest BCUT2D eigenvalue weighted by Crippen LogP contribution is -2.16. The molecule has 0 spiro atoms. The fraction of sp³-hybridized carbons (Fsp3) is 0.500. The summed E-state index contributed by atoms with van der Waals surface area (Å²) in [5, 5.41) is 4.14. The van der Waals surface area contributed by atoms with Crippen molar-refractivity contribution in [3.63, 3.8) is 0 Å². The van der Waals surface area contributed by atoms with Gasteiger partial charge in [0.1, 0.15) is 0 Å². The Hall–Kier alpha value is -0.150. The van der Waals surface area contributed by atoms with Crippen LogP contribution in [0.25, 0.3) is 0 Å². The maximum atomic E-state index is 11.5. The van der Waals surface area contributed by atoms with E-state index >= 15 is 0 Å². The van der Waals surface area contributed by atoms with Crippen LogP contribution in [0.4, 0.5) is 0 Å². The Labute approximate surface area is 72.9 Å². The Balaban J connectivity index is 2.63. The summed E-state index contributed by atoms with van der Waals surface area (Å²) in [6.07, 6.45) is 0. The van der Waals surface area contributed by atoms with Crippen LogP contribution in [-0.4, -0.2) is 9.96 Å². The van der Waals surface area contributed by atoms with Gasteiger partial charge in [-0.15, -0.1) is 0 Å². The predicted octanol–water partition coefficient (Wildman–Crippen LogP) is 2.15. The molecule has 0 amide bonds. The Kier molecular flexibility index (Phi) is 1.48. The van der Waals surface area contributed by atoms with E-state index in [2.05, 4.69) is 19.2 Å². The highest BCUT2D eigenvalue weighted by Crippen LogP contribution is 2.39. The first-order valence-corrected chi connectivity index (χ1v) is 5.82. The molecule has 1 aromatic heterocycles. The minimum Gasteiger partial charge on any atom is -0.254 e. The molecule has 2 rings (SSSR count). The maximum Gasteiger partial charge on any atom is 0.0549 e. The van der Waals surface area contributed by atoms with Gasteiger partial charge in [0.15, 0.2) is 0 Å². The van der Waals surface area contributed by atoms with Gasteiger partial charge in [0.05, 0.1) is 15.7 Å². The van der Waals surface area contributed by atoms with E-state index in [-0.39, 0.29) is 5.41 Å². The molecule has 1 atom stereocenters. The summed E-state index contributed by atoms with van der Waals surface area (Å²) < 4.78 is 11.5. The average molecular weight is 186 g/mol. The summed E-state index contributed by atoms with van der Waals surface area (Å²) in [5.74, 6) is 0.797. The number of fused-ring (bicyclic) bond motifs is 1. The summed E-state index contributed by atoms with van der Waals surface area (Å²) in [6, 6.07) is 0. The largest absolute Gasteiger partial charge is 0.254 e. The monoisotopic (exact) mass is 186 g/mol. The normalized spacial score (nSPS) is 26.9. The van der Waals surface area contributed by atoms with E-state index in [4.69, 9.17) is 0 Å². The molecule has 60 valence electrons. The quantitative estimate of drug-likeness (QED) is 0.606. The molecule has 11 heavy (non-hydrogen) atoms. The Morgan fingerprint density at radius 3 is 2.91 bits per heavy atom. The van der Waals surface area contributed by atoms with Gasteiger partial charge in [-0.25, -0.2) is 0 Å². The molecule has 0 fully saturated rings. The lowest BCUT2D eigenvalue weighted by molar-refractivity contribution is 0.601. The van der Waals surface area contributed by atoms with Gasteiger partial charge >= 0.3 is 0 Å². The summed E-state index contributed by atoms with van der Waals surface area (Å²) in [5.41, 5.74) is 1.43. The molecule has 0 N–H and O–H groups in total. The van der Waals surface area contributed by atoms with Gasteiger partial charge in [0.25, 0.3) is 0 Å². The van der Waals surface area contributed by atoms with Gasteiger partial charge in [-0.2, -0.15) is 11.3 Å². The third-order valence-corrected chi connectivity index (χ3v) is 4.80. The van der Waals surface area contributed by atoms with Gasteiger partial charge in [0.2, 0.25) is 0 Å². The van der Waals surface area contributed by atoms with Crippen molar-refractivity contribution >= 4 is 22.1 Å². The van der Waals surface area contributed by atoms with Gasteiger partial charge < -0.3 is 0 Å². The summed E-state index contributed by atoms with van der Waals surface area (Å²) in [7, 11) is -0.726. The van der Waals surface area contributed by atoms with Crippen molar-refractivity contribution in [3.05, 3.63) is 16.3 Å². The molecule has 0 radical (unpaired) electrons. The van der Waals surface area contributed by atoms with Crippen LogP contribution < -0.4 is 0 Å². The van der Waals surface area contributed by atoms with Crippen molar-refractivity contribution < 1.29 is 4.21 Å². The second-order valence-corrected chi connectivity index (χ2v) is 5.69. The fourth-order valence-corrected chi connectivity index (χ4v) is 4.56. The fourth-order valence-electron chi connectivity index (χ4n) is 1.44. The second kappa shape index (κ2) is 2.17. The molecule has 1 aliphatic rings. The third-order valence-electron chi connectivity index (χ3n) is 2.09. The molecule has 0 saturated heterocycles. The van der Waals surface area contributed by atoms with E-state index in [1.54, 1.807) is 11.3 Å². The van der Waals surface area contributed by atoms with Crippen molar-refractivity contribution in [1.29, 1.82) is 0 Å². The van der Waals surface area contributed by atoms with E-state index in [1.807, 2.05) is 5.38 Å². The minimum absolute atomic E-state index is 0.139. The van der Waals surface area contributed by atoms with Crippen molar-refractivity contribution in [2.75, 3.05) is 5.75 Å². The van der Waals surface area contributed by atoms with Crippen LogP contribution in [0.5, 0.6) is 0 Å². The number of thiophene rings is 1. The Morgan fingerprint density at radius 2 is 2.27 bits per heavy atom. The average Bonchev–Trinajstić information content (AvgIpc) is 2.37. The van der Waals surface area contributed by atoms with E-state index in [1.165, 1.54) is 5.56 Å². The van der Waals surface area contributed by atoms with Crippen LogP contribution in [0.15, 0.2) is 15.7 Å². The molecule has 1 unspecified atom stereocenters. The minimum atomic E-state index is -0.726. The Morgan fingerprint density at radius 1 is 1.55 bits per heavy atom. The van der Waals surface area contributed by atoms with Gasteiger partial charge in [-0.3, -0.25) is 4.21 Å². The van der Waals surface area contributed by atoms with Crippen LogP contribution in [0.2, 0.25) is 0 Å². The highest BCUT2D eigenvalue weighted by molar-refractivity contribution is 7.85. The first-order valence-electron chi connectivity index (χ1n) is 3.56. The maximum absolute atomic E-state index is 11.5. The van der Waals surface area contributed by atoms with Crippen LogP contribution in [0.3, 0.4) is 0 Å². The zero-order chi connectivity index (χ0) is 8.06. The number of hydrogen-bond donors (Lipinski definition) is 0. The lowest BCUT2D eigenvalue weighted by Gasteiger charge is -2.14. The molecule has 2 heterocycles. The predicted molar refractivity (Wildman–Crippen MR) is 48.6 cm³/mol. The molecule has 0 bridgehead atoms. The standard InChI is InChI=1S/C8H10OS2/c1-8(2)5-11(9)7-4-10-3-6(7)8/h3-4H,5H2,1-2H3. The molecule has 0 saturated carbocycles. The van der Waals surface area contributed by atoms with E-state index in [9.17, 15) is 4.21 Å². The Bertz CT molecular complexity index is 312. The van der Waals surface area contributed by atoms with E-state index in [0.717, 1.165) is 10.6 Å². The van der Waals surface area contributed by atoms with E-state index < -0.39 is 10.8 Å². The molecule has 1 nitrogen and oxygen atoms in total. The zero-order valence-corrected chi connectivity index (χ0v) is 8.22. The number of hydrogen-bond acceptors (Lipinski definition) is 2. The molecular formula is C8H10OS2. The summed E-state index contributed by atoms with van der Waals surface area (Å²) >= 11 is 1.66. The second-order valence-electron chi connectivity index (χ2n) is 3.52. The third kappa shape index (κ3) is 0.983. The van der Waals surface area contributed by atoms with E-state index in [0.29, 0.717) is 0 Å². The van der Waals surface area contributed by atoms with Crippen LogP contribution >= 0.6 is 11.3 Å². The van der Waals surface area contributed by atoms with Crippen LogP contribution in [-0.2, 0) is 16.2 Å². The topological polar surface area (TPSA) is 17.1 Å². The molecular weight excluding hydrogens is 176 g/mol. The molecule has 1 aliphatic heterocycles. The van der Waals surface area contributed by atoms with Gasteiger partial charge in [0, 0.05) is 16.5 Å². The van der Waals surface area contributed by atoms with Crippen molar-refractivity contribution in [2.24, 2.45) is 0 Å². The molecule has 3 heteroatoms. The summed E-state index contributed by atoms with van der Waals surface area (Å²) in [6.45, 7) is 4.31. The van der Waals surface area contributed by atoms with Crippen molar-refractivity contribution in [2.45, 2.75) is 24.2 Å². The first-order chi connectivity index (χ1) is 5.11. The lowest BCUT2D eigenvalue weighted by atomic mass is 9.90.